The number of aliphatic carboxylic acids is 1. The third kappa shape index (κ3) is 6.74. The van der Waals surface area contributed by atoms with Gasteiger partial charge in [0, 0.05) is 0 Å². The molecule has 144 valence electrons. The van der Waals surface area contributed by atoms with E-state index in [4.69, 9.17) is 4.74 Å². The molecular formula is C19H28N2O5. The fourth-order valence-electron chi connectivity index (χ4n) is 2.35. The first-order chi connectivity index (χ1) is 12.3. The molecule has 1 rings (SSSR count). The third-order valence-electron chi connectivity index (χ3n) is 4.21. The fraction of sp³-hybridized carbons (Fsp3) is 0.526. The topological polar surface area (TPSA) is 105 Å². The SMILES string of the molecule is CC[C@H](C)[C@@H](NC(=O)[C@@H](NC(=O)OCc1ccccc1)C(C)C)C(=O)O. The molecule has 0 aliphatic rings. The molecule has 0 aromatic heterocycles. The molecular weight excluding hydrogens is 336 g/mol. The Morgan fingerprint density at radius 2 is 1.65 bits per heavy atom. The summed E-state index contributed by atoms with van der Waals surface area (Å²) in [5, 5.41) is 14.4. The van der Waals surface area contributed by atoms with Gasteiger partial charge in [0.25, 0.3) is 0 Å². The molecule has 7 heteroatoms. The summed E-state index contributed by atoms with van der Waals surface area (Å²) in [7, 11) is 0. The van der Waals surface area contributed by atoms with Crippen LogP contribution in [0.5, 0.6) is 0 Å². The van der Waals surface area contributed by atoms with Gasteiger partial charge in [-0.15, -0.1) is 0 Å². The highest BCUT2D eigenvalue weighted by Gasteiger charge is 2.31. The predicted molar refractivity (Wildman–Crippen MR) is 97.4 cm³/mol. The first-order valence-electron chi connectivity index (χ1n) is 8.76. The zero-order valence-corrected chi connectivity index (χ0v) is 15.7. The van der Waals surface area contributed by atoms with Crippen molar-refractivity contribution in [3.8, 4) is 0 Å². The van der Waals surface area contributed by atoms with Crippen LogP contribution in [0.4, 0.5) is 4.79 Å². The lowest BCUT2D eigenvalue weighted by atomic mass is 9.97. The molecule has 1 aromatic rings. The van der Waals surface area contributed by atoms with E-state index in [9.17, 15) is 19.5 Å². The number of alkyl carbamates (subject to hydrolysis) is 1. The van der Waals surface area contributed by atoms with Crippen LogP contribution < -0.4 is 10.6 Å². The molecule has 26 heavy (non-hydrogen) atoms. The van der Waals surface area contributed by atoms with Gasteiger partial charge in [-0.05, 0) is 17.4 Å². The summed E-state index contributed by atoms with van der Waals surface area (Å²) < 4.78 is 5.13. The number of ether oxygens (including phenoxy) is 1. The summed E-state index contributed by atoms with van der Waals surface area (Å²) in [4.78, 5) is 35.9. The number of benzene rings is 1. The second kappa shape index (κ2) is 10.4. The van der Waals surface area contributed by atoms with E-state index in [-0.39, 0.29) is 18.4 Å². The Morgan fingerprint density at radius 3 is 2.15 bits per heavy atom. The van der Waals surface area contributed by atoms with Crippen molar-refractivity contribution in [2.75, 3.05) is 0 Å². The number of carboxylic acids is 1. The minimum Gasteiger partial charge on any atom is -0.480 e. The van der Waals surface area contributed by atoms with E-state index in [0.717, 1.165) is 5.56 Å². The fourth-order valence-corrected chi connectivity index (χ4v) is 2.35. The van der Waals surface area contributed by atoms with Gasteiger partial charge in [0.1, 0.15) is 18.7 Å². The zero-order chi connectivity index (χ0) is 19.7. The van der Waals surface area contributed by atoms with Crippen molar-refractivity contribution in [1.29, 1.82) is 0 Å². The minimum absolute atomic E-state index is 0.0870. The minimum atomic E-state index is -1.10. The molecule has 3 N–H and O–H groups in total. The molecule has 0 heterocycles. The van der Waals surface area contributed by atoms with Crippen LogP contribution in [0.15, 0.2) is 30.3 Å². The summed E-state index contributed by atoms with van der Waals surface area (Å²) in [6.45, 7) is 7.22. The molecule has 0 saturated carbocycles. The van der Waals surface area contributed by atoms with Gasteiger partial charge in [-0.1, -0.05) is 64.4 Å². The van der Waals surface area contributed by atoms with Crippen molar-refractivity contribution in [1.82, 2.24) is 10.6 Å². The summed E-state index contributed by atoms with van der Waals surface area (Å²) in [6, 6.07) is 7.29. The van der Waals surface area contributed by atoms with Crippen LogP contribution in [0.3, 0.4) is 0 Å². The van der Waals surface area contributed by atoms with Gasteiger partial charge in [0.2, 0.25) is 5.91 Å². The number of hydrogen-bond acceptors (Lipinski definition) is 4. The number of hydrogen-bond donors (Lipinski definition) is 3. The molecule has 0 aliphatic carbocycles. The van der Waals surface area contributed by atoms with Gasteiger partial charge in [-0.25, -0.2) is 9.59 Å². The lowest BCUT2D eigenvalue weighted by Gasteiger charge is -2.26. The first-order valence-corrected chi connectivity index (χ1v) is 8.76. The molecule has 1 aromatic carbocycles. The highest BCUT2D eigenvalue weighted by Crippen LogP contribution is 2.10. The standard InChI is InChI=1S/C19H28N2O5/c1-5-13(4)16(18(23)24)20-17(22)15(12(2)3)21-19(25)26-11-14-9-7-6-8-10-14/h6-10,12-13,15-16H,5,11H2,1-4H3,(H,20,22)(H,21,25)(H,23,24)/t13-,15-,16+/m0/s1. The molecule has 0 aliphatic heterocycles. The lowest BCUT2D eigenvalue weighted by molar-refractivity contribution is -0.143. The monoisotopic (exact) mass is 364 g/mol. The van der Waals surface area contributed by atoms with Crippen molar-refractivity contribution in [2.24, 2.45) is 11.8 Å². The summed E-state index contributed by atoms with van der Waals surface area (Å²) >= 11 is 0. The second-order valence-electron chi connectivity index (χ2n) is 6.64. The van der Waals surface area contributed by atoms with Gasteiger partial charge in [-0.3, -0.25) is 4.79 Å². The number of carboxylic acid groups (broad SMARTS) is 1. The van der Waals surface area contributed by atoms with E-state index in [1.807, 2.05) is 37.3 Å². The predicted octanol–water partition coefficient (Wildman–Crippen LogP) is 2.55. The Hall–Kier alpha value is -2.57. The maximum atomic E-state index is 12.5. The van der Waals surface area contributed by atoms with Crippen molar-refractivity contribution in [3.05, 3.63) is 35.9 Å². The molecule has 0 saturated heterocycles. The van der Waals surface area contributed by atoms with Crippen LogP contribution in [-0.2, 0) is 20.9 Å². The van der Waals surface area contributed by atoms with Crippen LogP contribution in [0.1, 0.15) is 39.7 Å². The normalized spacial score (nSPS) is 14.2. The number of carbonyl (C=O) groups excluding carboxylic acids is 2. The molecule has 0 unspecified atom stereocenters. The van der Waals surface area contributed by atoms with Gasteiger partial charge in [0.15, 0.2) is 0 Å². The van der Waals surface area contributed by atoms with Gasteiger partial charge < -0.3 is 20.5 Å². The van der Waals surface area contributed by atoms with E-state index >= 15 is 0 Å². The first kappa shape index (κ1) is 21.5. The Labute approximate surface area is 154 Å². The lowest BCUT2D eigenvalue weighted by Crippen LogP contribution is -2.55. The molecule has 2 amide bonds. The van der Waals surface area contributed by atoms with Crippen LogP contribution in [-0.4, -0.2) is 35.2 Å². The van der Waals surface area contributed by atoms with Crippen molar-refractivity contribution in [2.45, 2.75) is 52.8 Å². The maximum Gasteiger partial charge on any atom is 0.408 e. The van der Waals surface area contributed by atoms with E-state index in [1.165, 1.54) is 0 Å². The Kier molecular flexibility index (Phi) is 8.61. The highest BCUT2D eigenvalue weighted by atomic mass is 16.5. The molecule has 3 atom stereocenters. The van der Waals surface area contributed by atoms with Gasteiger partial charge in [0.05, 0.1) is 0 Å². The van der Waals surface area contributed by atoms with Crippen molar-refractivity contribution < 1.29 is 24.2 Å². The van der Waals surface area contributed by atoms with Crippen LogP contribution >= 0.6 is 0 Å². The smallest absolute Gasteiger partial charge is 0.408 e. The number of amides is 2. The average molecular weight is 364 g/mol. The van der Waals surface area contributed by atoms with E-state index in [1.54, 1.807) is 20.8 Å². The van der Waals surface area contributed by atoms with Gasteiger partial charge in [-0.2, -0.15) is 0 Å². The van der Waals surface area contributed by atoms with E-state index in [0.29, 0.717) is 6.42 Å². The largest absolute Gasteiger partial charge is 0.480 e. The summed E-state index contributed by atoms with van der Waals surface area (Å²) in [5.41, 5.74) is 0.830. The quantitative estimate of drug-likeness (QED) is 0.625. The van der Waals surface area contributed by atoms with Crippen LogP contribution in [0.25, 0.3) is 0 Å². The Balaban J connectivity index is 2.67. The highest BCUT2D eigenvalue weighted by molar-refractivity contribution is 5.89. The summed E-state index contributed by atoms with van der Waals surface area (Å²) in [5.74, 6) is -2.09. The molecule has 0 spiro atoms. The average Bonchev–Trinajstić information content (AvgIpc) is 2.61. The van der Waals surface area contributed by atoms with E-state index < -0.39 is 30.1 Å². The van der Waals surface area contributed by atoms with E-state index in [2.05, 4.69) is 10.6 Å². The van der Waals surface area contributed by atoms with Crippen molar-refractivity contribution >= 4 is 18.0 Å². The van der Waals surface area contributed by atoms with Crippen molar-refractivity contribution in [3.63, 3.8) is 0 Å². The third-order valence-corrected chi connectivity index (χ3v) is 4.21. The van der Waals surface area contributed by atoms with Crippen LogP contribution in [0.2, 0.25) is 0 Å². The molecule has 0 radical (unpaired) electrons. The second-order valence-corrected chi connectivity index (χ2v) is 6.64. The maximum absolute atomic E-state index is 12.5. The van der Waals surface area contributed by atoms with Crippen LogP contribution in [0, 0.1) is 11.8 Å². The summed E-state index contributed by atoms with van der Waals surface area (Å²) in [6.07, 6.45) is -0.117. The number of carbonyl (C=O) groups is 3. The molecule has 7 nitrogen and oxygen atoms in total. The Bertz CT molecular complexity index is 603. The number of nitrogens with one attached hydrogen (secondary N) is 2. The number of rotatable bonds is 9. The molecule has 0 fully saturated rings. The van der Waals surface area contributed by atoms with Gasteiger partial charge >= 0.3 is 12.1 Å². The molecule has 0 bridgehead atoms. The zero-order valence-electron chi connectivity index (χ0n) is 15.7. The Morgan fingerprint density at radius 1 is 1.04 bits per heavy atom.